The van der Waals surface area contributed by atoms with Gasteiger partial charge in [0, 0.05) is 41.0 Å². The fraction of sp³-hybridized carbons (Fsp3) is 0.440. The second-order valence-electron chi connectivity index (χ2n) is 8.02. The molecule has 166 valence electrons. The van der Waals surface area contributed by atoms with Gasteiger partial charge in [0.2, 0.25) is 0 Å². The van der Waals surface area contributed by atoms with Gasteiger partial charge in [0.05, 0.1) is 27.1 Å². The van der Waals surface area contributed by atoms with Gasteiger partial charge in [-0.15, -0.1) is 0 Å². The number of methoxy groups -OCH3 is 3. The lowest BCUT2D eigenvalue weighted by Gasteiger charge is -2.25. The topological polar surface area (TPSA) is 82.1 Å². The van der Waals surface area contributed by atoms with Gasteiger partial charge in [0.25, 0.3) is 0 Å². The highest BCUT2D eigenvalue weighted by molar-refractivity contribution is 6.05. The third-order valence-electron chi connectivity index (χ3n) is 6.13. The van der Waals surface area contributed by atoms with Crippen LogP contribution in [0.3, 0.4) is 0 Å². The van der Waals surface area contributed by atoms with Crippen molar-refractivity contribution in [1.82, 2.24) is 0 Å². The van der Waals surface area contributed by atoms with Gasteiger partial charge in [-0.3, -0.25) is 4.79 Å². The second-order valence-corrected chi connectivity index (χ2v) is 8.02. The summed E-state index contributed by atoms with van der Waals surface area (Å²) in [6.45, 7) is 1.86. The zero-order valence-electron chi connectivity index (χ0n) is 18.6. The molecule has 1 aromatic carbocycles. The Balaban J connectivity index is 1.77. The SMILES string of the molecule is COC1=C(CC(C)C(=O)C2=C(C(=O)O)CCC2)C=CC(c2ccc(OC)cc2OC)C1. The van der Waals surface area contributed by atoms with Crippen LogP contribution in [0.15, 0.2) is 52.8 Å². The van der Waals surface area contributed by atoms with Crippen molar-refractivity contribution in [2.75, 3.05) is 21.3 Å². The van der Waals surface area contributed by atoms with E-state index in [1.165, 1.54) is 0 Å². The Labute approximate surface area is 183 Å². The summed E-state index contributed by atoms with van der Waals surface area (Å²) in [5.41, 5.74) is 2.78. The number of hydrogen-bond donors (Lipinski definition) is 1. The molecule has 6 nitrogen and oxygen atoms in total. The van der Waals surface area contributed by atoms with Crippen LogP contribution in [0.2, 0.25) is 0 Å². The van der Waals surface area contributed by atoms with E-state index in [4.69, 9.17) is 14.2 Å². The number of carbonyl (C=O) groups is 2. The summed E-state index contributed by atoms with van der Waals surface area (Å²) in [4.78, 5) is 24.3. The first-order valence-electron chi connectivity index (χ1n) is 10.5. The number of carbonyl (C=O) groups excluding carboxylic acids is 1. The predicted molar refractivity (Wildman–Crippen MR) is 117 cm³/mol. The molecule has 6 heteroatoms. The zero-order valence-corrected chi connectivity index (χ0v) is 18.6. The quantitative estimate of drug-likeness (QED) is 0.610. The minimum Gasteiger partial charge on any atom is -0.501 e. The Hall–Kier alpha value is -3.02. The standard InChI is InChI=1S/C25H30O6/c1-15(24(26)20-6-5-7-21(20)25(27)28)12-17-9-8-16(13-22(17)30-3)19-11-10-18(29-2)14-23(19)31-4/h8-11,14-16H,5-7,12-13H2,1-4H3,(H,27,28). The monoisotopic (exact) mass is 426 g/mol. The van der Waals surface area contributed by atoms with Crippen LogP contribution in [0.5, 0.6) is 11.5 Å². The summed E-state index contributed by atoms with van der Waals surface area (Å²) in [7, 11) is 4.90. The molecule has 0 spiro atoms. The maximum absolute atomic E-state index is 12.9. The minimum atomic E-state index is -0.973. The van der Waals surface area contributed by atoms with E-state index >= 15 is 0 Å². The van der Waals surface area contributed by atoms with Crippen molar-refractivity contribution in [2.24, 2.45) is 5.92 Å². The summed E-state index contributed by atoms with van der Waals surface area (Å²) in [5, 5.41) is 9.36. The highest BCUT2D eigenvalue weighted by Crippen LogP contribution is 2.39. The normalized spacial score (nSPS) is 19.4. The third kappa shape index (κ3) is 4.84. The molecule has 2 unspecified atom stereocenters. The first kappa shape index (κ1) is 22.7. The molecule has 0 amide bonds. The average Bonchev–Trinajstić information content (AvgIpc) is 3.28. The Morgan fingerprint density at radius 3 is 2.48 bits per heavy atom. The first-order chi connectivity index (χ1) is 14.9. The number of allylic oxidation sites excluding steroid dienone is 5. The summed E-state index contributed by atoms with van der Waals surface area (Å²) >= 11 is 0. The number of carboxylic acids is 1. The van der Waals surface area contributed by atoms with E-state index in [2.05, 4.69) is 6.08 Å². The van der Waals surface area contributed by atoms with Crippen molar-refractivity contribution in [1.29, 1.82) is 0 Å². The molecule has 1 N–H and O–H groups in total. The number of ether oxygens (including phenoxy) is 3. The number of benzene rings is 1. The van der Waals surface area contributed by atoms with Crippen LogP contribution in [0.1, 0.15) is 50.5 Å². The Kier molecular flexibility index (Phi) is 7.21. The lowest BCUT2D eigenvalue weighted by molar-refractivity contribution is -0.133. The van der Waals surface area contributed by atoms with Gasteiger partial charge < -0.3 is 19.3 Å². The van der Waals surface area contributed by atoms with E-state index in [-0.39, 0.29) is 23.2 Å². The van der Waals surface area contributed by atoms with Gasteiger partial charge in [-0.2, -0.15) is 0 Å². The van der Waals surface area contributed by atoms with Crippen LogP contribution in [-0.2, 0) is 14.3 Å². The molecule has 0 saturated carbocycles. The van der Waals surface area contributed by atoms with Crippen LogP contribution in [0.4, 0.5) is 0 Å². The van der Waals surface area contributed by atoms with Gasteiger partial charge in [-0.1, -0.05) is 25.1 Å². The molecule has 31 heavy (non-hydrogen) atoms. The largest absolute Gasteiger partial charge is 0.501 e. The molecule has 3 rings (SSSR count). The number of rotatable bonds is 9. The van der Waals surface area contributed by atoms with Gasteiger partial charge in [-0.05, 0) is 37.3 Å². The minimum absolute atomic E-state index is 0.0646. The van der Waals surface area contributed by atoms with Gasteiger partial charge in [0.1, 0.15) is 11.5 Å². The van der Waals surface area contributed by atoms with E-state index < -0.39 is 5.97 Å². The molecule has 0 heterocycles. The molecule has 2 aliphatic rings. The van der Waals surface area contributed by atoms with Crippen LogP contribution in [-0.4, -0.2) is 38.2 Å². The summed E-state index contributed by atoms with van der Waals surface area (Å²) in [6, 6.07) is 5.77. The number of carboxylic acid groups (broad SMARTS) is 1. The van der Waals surface area contributed by atoms with Crippen molar-refractivity contribution in [3.8, 4) is 11.5 Å². The second kappa shape index (κ2) is 9.86. The highest BCUT2D eigenvalue weighted by atomic mass is 16.5. The number of aliphatic carboxylic acids is 1. The lowest BCUT2D eigenvalue weighted by atomic mass is 9.84. The van der Waals surface area contributed by atoms with Crippen molar-refractivity contribution in [3.63, 3.8) is 0 Å². The van der Waals surface area contributed by atoms with Crippen molar-refractivity contribution >= 4 is 11.8 Å². The zero-order chi connectivity index (χ0) is 22.5. The van der Waals surface area contributed by atoms with Gasteiger partial charge >= 0.3 is 5.97 Å². The molecule has 0 radical (unpaired) electrons. The molecule has 2 aliphatic carbocycles. The number of Topliss-reactive ketones (excluding diaryl/α,β-unsaturated/α-hetero) is 1. The van der Waals surface area contributed by atoms with E-state index in [1.54, 1.807) is 21.3 Å². The Bertz CT molecular complexity index is 953. The molecule has 1 aromatic rings. The van der Waals surface area contributed by atoms with E-state index in [0.717, 1.165) is 34.8 Å². The summed E-state index contributed by atoms with van der Waals surface area (Å²) in [5.74, 6) is 1.07. The Morgan fingerprint density at radius 1 is 1.10 bits per heavy atom. The smallest absolute Gasteiger partial charge is 0.331 e. The van der Waals surface area contributed by atoms with Crippen molar-refractivity contribution in [3.05, 3.63) is 58.4 Å². The molecule has 0 aromatic heterocycles. The molecule has 0 fully saturated rings. The molecular weight excluding hydrogens is 396 g/mol. The molecular formula is C25H30O6. The van der Waals surface area contributed by atoms with Crippen LogP contribution < -0.4 is 9.47 Å². The summed E-state index contributed by atoms with van der Waals surface area (Å²) < 4.78 is 16.5. The highest BCUT2D eigenvalue weighted by Gasteiger charge is 2.30. The Morgan fingerprint density at radius 2 is 1.84 bits per heavy atom. The number of ketones is 1. The molecule has 0 aliphatic heterocycles. The average molecular weight is 427 g/mol. The lowest BCUT2D eigenvalue weighted by Crippen LogP contribution is -2.17. The van der Waals surface area contributed by atoms with E-state index in [9.17, 15) is 14.7 Å². The fourth-order valence-electron chi connectivity index (χ4n) is 4.43. The fourth-order valence-corrected chi connectivity index (χ4v) is 4.43. The van der Waals surface area contributed by atoms with Gasteiger partial charge in [-0.25, -0.2) is 4.79 Å². The summed E-state index contributed by atoms with van der Waals surface area (Å²) in [6.07, 6.45) is 7.05. The van der Waals surface area contributed by atoms with Gasteiger partial charge in [0.15, 0.2) is 5.78 Å². The molecule has 0 bridgehead atoms. The number of hydrogen-bond acceptors (Lipinski definition) is 5. The van der Waals surface area contributed by atoms with Crippen LogP contribution in [0.25, 0.3) is 0 Å². The third-order valence-corrected chi connectivity index (χ3v) is 6.13. The first-order valence-corrected chi connectivity index (χ1v) is 10.5. The maximum Gasteiger partial charge on any atom is 0.331 e. The predicted octanol–water partition coefficient (Wildman–Crippen LogP) is 4.81. The van der Waals surface area contributed by atoms with Crippen LogP contribution in [0, 0.1) is 5.92 Å². The van der Waals surface area contributed by atoms with Crippen LogP contribution >= 0.6 is 0 Å². The van der Waals surface area contributed by atoms with Crippen molar-refractivity contribution < 1.29 is 28.9 Å². The molecule has 0 saturated heterocycles. The molecule has 2 atom stereocenters. The maximum atomic E-state index is 12.9. The van der Waals surface area contributed by atoms with E-state index in [0.29, 0.717) is 31.3 Å². The van der Waals surface area contributed by atoms with Crippen molar-refractivity contribution in [2.45, 2.75) is 44.9 Å². The van der Waals surface area contributed by atoms with E-state index in [1.807, 2.05) is 31.2 Å².